The molecule has 8 aromatic rings. The molecule has 0 spiro atoms. The molecule has 0 saturated heterocycles. The molecule has 0 amide bonds. The molecule has 0 aromatic heterocycles. The third-order valence-corrected chi connectivity index (χ3v) is 12.1. The molecule has 55 heavy (non-hydrogen) atoms. The number of para-hydroxylation sites is 2. The molecule has 2 nitrogen and oxygen atoms in total. The van der Waals surface area contributed by atoms with Crippen LogP contribution in [0, 0.1) is 0 Å². The Morgan fingerprint density at radius 3 is 1.18 bits per heavy atom. The van der Waals surface area contributed by atoms with E-state index in [1.165, 1.54) is 75.8 Å². The Labute approximate surface area is 320 Å². The van der Waals surface area contributed by atoms with Crippen LogP contribution in [0.1, 0.15) is 37.5 Å². The third kappa shape index (κ3) is 4.61. The van der Waals surface area contributed by atoms with Gasteiger partial charge in [-0.3, -0.25) is 0 Å². The Morgan fingerprint density at radius 2 is 0.673 bits per heavy atom. The first-order valence-electron chi connectivity index (χ1n) is 19.2. The summed E-state index contributed by atoms with van der Waals surface area (Å²) in [5, 5.41) is 14.7. The van der Waals surface area contributed by atoms with Crippen LogP contribution in [-0.2, 0) is 11.2 Å². The van der Waals surface area contributed by atoms with Crippen LogP contribution in [0.15, 0.2) is 176 Å². The van der Waals surface area contributed by atoms with Crippen molar-refractivity contribution in [3.63, 3.8) is 0 Å². The van der Waals surface area contributed by atoms with Crippen LogP contribution in [0.2, 0.25) is 0 Å². The van der Waals surface area contributed by atoms with Crippen LogP contribution >= 0.6 is 0 Å². The summed E-state index contributed by atoms with van der Waals surface area (Å²) in [4.78, 5) is 0. The summed E-state index contributed by atoms with van der Waals surface area (Å²) in [5.74, 6) is 1.64. The monoisotopic (exact) mass is 706 g/mol. The van der Waals surface area contributed by atoms with Gasteiger partial charge in [0.1, 0.15) is 17.1 Å². The molecule has 3 aliphatic rings. The molecule has 0 bridgehead atoms. The molecule has 1 atom stereocenters. The van der Waals surface area contributed by atoms with E-state index >= 15 is 0 Å². The smallest absolute Gasteiger partial charge is 0.160 e. The van der Waals surface area contributed by atoms with E-state index in [-0.39, 0.29) is 0 Å². The van der Waals surface area contributed by atoms with Gasteiger partial charge in [0.05, 0.1) is 0 Å². The van der Waals surface area contributed by atoms with Crippen molar-refractivity contribution >= 4 is 64.6 Å². The number of fused-ring (bicyclic) bond motifs is 12. The lowest BCUT2D eigenvalue weighted by Gasteiger charge is -2.40. The minimum atomic E-state index is -0.877. The average molecular weight is 707 g/mol. The molecule has 1 heterocycles. The highest BCUT2D eigenvalue weighted by Crippen LogP contribution is 2.50. The fourth-order valence-corrected chi connectivity index (χ4v) is 9.52. The Bertz CT molecular complexity index is 3210. The van der Waals surface area contributed by atoms with E-state index in [2.05, 4.69) is 185 Å². The quantitative estimate of drug-likeness (QED) is 0.169. The highest BCUT2D eigenvalue weighted by molar-refractivity contribution is 6.31. The first-order chi connectivity index (χ1) is 26.9. The minimum absolute atomic E-state index is 0.593. The highest BCUT2D eigenvalue weighted by Gasteiger charge is 2.40. The first-order valence-corrected chi connectivity index (χ1v) is 19.2. The summed E-state index contributed by atoms with van der Waals surface area (Å²) in [5.41, 5.74) is 4.11. The van der Waals surface area contributed by atoms with Gasteiger partial charge in [-0.2, -0.15) is 0 Å². The molecule has 0 radical (unpaired) electrons. The molecule has 2 heteroatoms. The molecule has 2 aliphatic carbocycles. The maximum absolute atomic E-state index is 7.33. The zero-order chi connectivity index (χ0) is 36.9. The van der Waals surface area contributed by atoms with Crippen molar-refractivity contribution in [1.82, 2.24) is 0 Å². The van der Waals surface area contributed by atoms with Gasteiger partial charge in [0, 0.05) is 16.7 Å². The van der Waals surface area contributed by atoms with Crippen molar-refractivity contribution in [1.29, 1.82) is 0 Å². The fourth-order valence-electron chi connectivity index (χ4n) is 9.52. The number of hydrogen-bond acceptors (Lipinski definition) is 2. The van der Waals surface area contributed by atoms with Crippen molar-refractivity contribution in [3.05, 3.63) is 193 Å². The largest absolute Gasteiger partial charge is 0.483 e. The van der Waals surface area contributed by atoms with Crippen molar-refractivity contribution in [2.45, 2.75) is 32.0 Å². The van der Waals surface area contributed by atoms with Crippen LogP contribution < -0.4 is 9.47 Å². The third-order valence-electron chi connectivity index (χ3n) is 12.1. The van der Waals surface area contributed by atoms with Gasteiger partial charge in [-0.15, -0.1) is 0 Å². The van der Waals surface area contributed by atoms with E-state index in [9.17, 15) is 0 Å². The summed E-state index contributed by atoms with van der Waals surface area (Å²) in [6.45, 7) is 6.42. The average Bonchev–Trinajstić information content (AvgIpc) is 3.22. The van der Waals surface area contributed by atoms with Gasteiger partial charge in [0.2, 0.25) is 0 Å². The number of rotatable bonds is 1. The molecular weight excluding hydrogens is 669 g/mol. The normalized spacial score (nSPS) is 16.4. The second kappa shape index (κ2) is 11.7. The molecule has 0 fully saturated rings. The molecule has 1 aliphatic heterocycles. The summed E-state index contributed by atoms with van der Waals surface area (Å²) in [6.07, 6.45) is 0. The number of hydrogen-bond donors (Lipinski definition) is 0. The summed E-state index contributed by atoms with van der Waals surface area (Å²) >= 11 is 0. The van der Waals surface area contributed by atoms with E-state index < -0.39 is 11.2 Å². The molecule has 0 N–H and O–H groups in total. The van der Waals surface area contributed by atoms with Gasteiger partial charge in [-0.1, -0.05) is 158 Å². The van der Waals surface area contributed by atoms with Crippen LogP contribution in [0.3, 0.4) is 0 Å². The van der Waals surface area contributed by atoms with E-state index in [0.29, 0.717) is 0 Å². The van der Waals surface area contributed by atoms with Crippen molar-refractivity contribution in [3.8, 4) is 22.6 Å². The second-order valence-corrected chi connectivity index (χ2v) is 15.6. The summed E-state index contributed by atoms with van der Waals surface area (Å²) in [7, 11) is 0. The van der Waals surface area contributed by atoms with Crippen LogP contribution in [-0.4, -0.2) is 0 Å². The van der Waals surface area contributed by atoms with Gasteiger partial charge in [-0.25, -0.2) is 0 Å². The summed E-state index contributed by atoms with van der Waals surface area (Å²) in [6, 6.07) is 64.1. The standard InChI is InChI=1S/C53H38O2/c1-52(2)46-26-10-12-28-48(46)55-53(3,47-27-11-13-29-49(47)54-52)33-30-31-40-36-18-6-9-21-39(36)42-23-14-22-41-37-19-7-4-16-34(37)35-17-5-8-20-38(35)43-24-15-25-44(45(40)32-33)51(43)50(41)42/h4-32H,1-3H3. The van der Waals surface area contributed by atoms with Crippen LogP contribution in [0.25, 0.3) is 75.8 Å². The lowest BCUT2D eigenvalue weighted by atomic mass is 9.81. The highest BCUT2D eigenvalue weighted by atomic mass is 16.5. The molecule has 262 valence electrons. The van der Waals surface area contributed by atoms with Gasteiger partial charge in [0.15, 0.2) is 5.60 Å². The molecule has 8 aromatic carbocycles. The van der Waals surface area contributed by atoms with Crippen LogP contribution in [0.5, 0.6) is 11.5 Å². The molecule has 1 unspecified atom stereocenters. The van der Waals surface area contributed by atoms with Crippen LogP contribution in [0.4, 0.5) is 0 Å². The second-order valence-electron chi connectivity index (χ2n) is 15.6. The zero-order valence-electron chi connectivity index (χ0n) is 31.1. The van der Waals surface area contributed by atoms with Gasteiger partial charge in [-0.05, 0) is 115 Å². The van der Waals surface area contributed by atoms with E-state index in [1.54, 1.807) is 0 Å². The molecular formula is C53H38O2. The molecule has 0 saturated carbocycles. The predicted octanol–water partition coefficient (Wildman–Crippen LogP) is 14.2. The Kier molecular flexibility index (Phi) is 6.76. The maximum atomic E-state index is 7.33. The first kappa shape index (κ1) is 31.8. The SMILES string of the molecule is CC1(C)Oc2ccccc2C(C)(c2ccc3c(c2)c2cccc4c2-c2c(cccc2c2ccccc23)c2ccccc2c2ccccc42)Oc2ccccc21. The lowest BCUT2D eigenvalue weighted by molar-refractivity contribution is 0.0622. The van der Waals surface area contributed by atoms with E-state index in [1.807, 2.05) is 12.1 Å². The molecule has 11 rings (SSSR count). The van der Waals surface area contributed by atoms with E-state index in [4.69, 9.17) is 9.47 Å². The topological polar surface area (TPSA) is 18.5 Å². The summed E-state index contributed by atoms with van der Waals surface area (Å²) < 4.78 is 14.2. The van der Waals surface area contributed by atoms with Gasteiger partial charge < -0.3 is 9.47 Å². The maximum Gasteiger partial charge on any atom is 0.160 e. The van der Waals surface area contributed by atoms with Crippen molar-refractivity contribution in [2.75, 3.05) is 0 Å². The fraction of sp³-hybridized carbons (Fsp3) is 0.0943. The zero-order valence-corrected chi connectivity index (χ0v) is 31.1. The Morgan fingerprint density at radius 1 is 0.309 bits per heavy atom. The minimum Gasteiger partial charge on any atom is -0.483 e. The number of ether oxygens (including phenoxy) is 2. The lowest BCUT2D eigenvalue weighted by Crippen LogP contribution is -2.37. The van der Waals surface area contributed by atoms with Gasteiger partial charge in [0.25, 0.3) is 0 Å². The Hall–Kier alpha value is -6.64. The predicted molar refractivity (Wildman–Crippen MR) is 231 cm³/mol. The van der Waals surface area contributed by atoms with Gasteiger partial charge >= 0.3 is 0 Å². The Balaban J connectivity index is 1.35. The van der Waals surface area contributed by atoms with E-state index in [0.717, 1.165) is 28.2 Å². The number of benzene rings is 8. The van der Waals surface area contributed by atoms with Crippen molar-refractivity contribution < 1.29 is 9.47 Å². The van der Waals surface area contributed by atoms with Crippen molar-refractivity contribution in [2.24, 2.45) is 0 Å².